The number of nitrogens with one attached hydrogen (secondary N) is 1. The Labute approximate surface area is 117 Å². The fourth-order valence-corrected chi connectivity index (χ4v) is 2.80. The normalized spacial score (nSPS) is 21.2. The lowest BCUT2D eigenvalue weighted by atomic mass is 10.0. The molecule has 0 aliphatic carbocycles. The van der Waals surface area contributed by atoms with Crippen molar-refractivity contribution in [3.05, 3.63) is 18.2 Å². The van der Waals surface area contributed by atoms with Gasteiger partial charge in [0.15, 0.2) is 0 Å². The van der Waals surface area contributed by atoms with Crippen LogP contribution in [0.15, 0.2) is 12.4 Å². The van der Waals surface area contributed by atoms with Gasteiger partial charge in [0.2, 0.25) is 0 Å². The zero-order valence-electron chi connectivity index (χ0n) is 12.6. The maximum atomic E-state index is 4.46. The van der Waals surface area contributed by atoms with Crippen molar-refractivity contribution in [3.8, 4) is 0 Å². The third kappa shape index (κ3) is 4.32. The van der Waals surface area contributed by atoms with E-state index < -0.39 is 0 Å². The van der Waals surface area contributed by atoms with E-state index in [9.17, 15) is 0 Å². The molecular weight excluding hydrogens is 236 g/mol. The van der Waals surface area contributed by atoms with Gasteiger partial charge in [0, 0.05) is 31.0 Å². The molecule has 1 unspecified atom stereocenters. The predicted molar refractivity (Wildman–Crippen MR) is 79.1 cm³/mol. The van der Waals surface area contributed by atoms with Crippen molar-refractivity contribution in [2.45, 2.75) is 64.7 Å². The van der Waals surface area contributed by atoms with Gasteiger partial charge >= 0.3 is 0 Å². The molecule has 4 nitrogen and oxygen atoms in total. The third-order valence-electron chi connectivity index (χ3n) is 4.09. The highest BCUT2D eigenvalue weighted by atomic mass is 15.1. The van der Waals surface area contributed by atoms with Gasteiger partial charge in [0.05, 0.1) is 6.54 Å². The van der Waals surface area contributed by atoms with Gasteiger partial charge in [0.1, 0.15) is 5.82 Å². The highest BCUT2D eigenvalue weighted by Crippen LogP contribution is 2.18. The van der Waals surface area contributed by atoms with Crippen molar-refractivity contribution in [1.82, 2.24) is 19.8 Å². The standard InChI is InChI=1S/C15H28N4/c1-13(2)17-12-15-16-8-11-19(15)10-7-14-6-4-5-9-18(14)3/h8,11,13-14,17H,4-7,9-10,12H2,1-3H3. The number of aromatic nitrogens is 2. The Morgan fingerprint density at radius 3 is 3.00 bits per heavy atom. The van der Waals surface area contributed by atoms with Crippen LogP contribution < -0.4 is 5.32 Å². The number of aryl methyl sites for hydroxylation is 1. The first-order valence-electron chi connectivity index (χ1n) is 7.60. The first kappa shape index (κ1) is 14.5. The molecule has 0 aromatic carbocycles. The second-order valence-electron chi connectivity index (χ2n) is 5.99. The smallest absolute Gasteiger partial charge is 0.122 e. The molecule has 1 aliphatic heterocycles. The van der Waals surface area contributed by atoms with E-state index in [1.54, 1.807) is 0 Å². The van der Waals surface area contributed by atoms with Crippen LogP contribution >= 0.6 is 0 Å². The average molecular weight is 264 g/mol. The number of imidazole rings is 1. The van der Waals surface area contributed by atoms with Crippen LogP contribution in [0.4, 0.5) is 0 Å². The molecule has 0 radical (unpaired) electrons. The summed E-state index contributed by atoms with van der Waals surface area (Å²) in [6.45, 7) is 7.56. The Balaban J connectivity index is 1.83. The minimum Gasteiger partial charge on any atom is -0.334 e. The molecule has 1 saturated heterocycles. The maximum Gasteiger partial charge on any atom is 0.122 e. The molecule has 0 saturated carbocycles. The van der Waals surface area contributed by atoms with Crippen LogP contribution in [0.3, 0.4) is 0 Å². The fourth-order valence-electron chi connectivity index (χ4n) is 2.80. The zero-order valence-corrected chi connectivity index (χ0v) is 12.6. The first-order chi connectivity index (χ1) is 9.16. The van der Waals surface area contributed by atoms with Crippen LogP contribution in [0.1, 0.15) is 45.4 Å². The van der Waals surface area contributed by atoms with E-state index in [1.807, 2.05) is 6.20 Å². The van der Waals surface area contributed by atoms with Gasteiger partial charge in [-0.3, -0.25) is 0 Å². The summed E-state index contributed by atoms with van der Waals surface area (Å²) in [5, 5.41) is 3.44. The van der Waals surface area contributed by atoms with E-state index in [1.165, 1.54) is 32.2 Å². The van der Waals surface area contributed by atoms with Crippen LogP contribution in [-0.4, -0.2) is 40.1 Å². The minimum absolute atomic E-state index is 0.509. The Morgan fingerprint density at radius 1 is 1.42 bits per heavy atom. The topological polar surface area (TPSA) is 33.1 Å². The third-order valence-corrected chi connectivity index (χ3v) is 4.09. The Morgan fingerprint density at radius 2 is 2.26 bits per heavy atom. The summed E-state index contributed by atoms with van der Waals surface area (Å²) >= 11 is 0. The lowest BCUT2D eigenvalue weighted by Gasteiger charge is -2.32. The molecule has 0 spiro atoms. The minimum atomic E-state index is 0.509. The molecular formula is C15H28N4. The highest BCUT2D eigenvalue weighted by molar-refractivity contribution is 4.92. The van der Waals surface area contributed by atoms with E-state index in [0.29, 0.717) is 6.04 Å². The van der Waals surface area contributed by atoms with Crippen LogP contribution in [0.2, 0.25) is 0 Å². The molecule has 2 heterocycles. The monoisotopic (exact) mass is 264 g/mol. The maximum absolute atomic E-state index is 4.46. The predicted octanol–water partition coefficient (Wildman–Crippen LogP) is 2.26. The summed E-state index contributed by atoms with van der Waals surface area (Å²) < 4.78 is 2.30. The van der Waals surface area contributed by atoms with E-state index in [2.05, 4.69) is 46.9 Å². The molecule has 4 heteroatoms. The summed E-state index contributed by atoms with van der Waals surface area (Å²) in [7, 11) is 2.26. The fraction of sp³-hybridized carbons (Fsp3) is 0.800. The Bertz CT molecular complexity index is 372. The van der Waals surface area contributed by atoms with Gasteiger partial charge in [-0.25, -0.2) is 4.98 Å². The summed E-state index contributed by atoms with van der Waals surface area (Å²) in [5.74, 6) is 1.16. The molecule has 108 valence electrons. The Hall–Kier alpha value is -0.870. The highest BCUT2D eigenvalue weighted by Gasteiger charge is 2.18. The average Bonchev–Trinajstić information content (AvgIpc) is 2.83. The van der Waals surface area contributed by atoms with Crippen molar-refractivity contribution in [3.63, 3.8) is 0 Å². The van der Waals surface area contributed by atoms with Crippen LogP contribution in [0, 0.1) is 0 Å². The van der Waals surface area contributed by atoms with Crippen molar-refractivity contribution in [2.75, 3.05) is 13.6 Å². The molecule has 2 rings (SSSR count). The lowest BCUT2D eigenvalue weighted by molar-refractivity contribution is 0.170. The molecule has 0 amide bonds. The SMILES string of the molecule is CC(C)NCc1nccn1CCC1CCCCN1C. The number of likely N-dealkylation sites (tertiary alicyclic amines) is 1. The molecule has 1 aromatic rings. The van der Waals surface area contributed by atoms with E-state index in [-0.39, 0.29) is 0 Å². The van der Waals surface area contributed by atoms with Gasteiger partial charge in [-0.05, 0) is 32.9 Å². The van der Waals surface area contributed by atoms with Crippen molar-refractivity contribution >= 4 is 0 Å². The summed E-state index contributed by atoms with van der Waals surface area (Å²) in [6.07, 6.45) is 9.37. The van der Waals surface area contributed by atoms with Crippen molar-refractivity contribution in [2.24, 2.45) is 0 Å². The van der Waals surface area contributed by atoms with Gasteiger partial charge in [-0.1, -0.05) is 20.3 Å². The number of nitrogens with zero attached hydrogens (tertiary/aromatic N) is 3. The molecule has 19 heavy (non-hydrogen) atoms. The molecule has 1 aliphatic rings. The molecule has 0 bridgehead atoms. The van der Waals surface area contributed by atoms with E-state index in [4.69, 9.17) is 0 Å². The summed E-state index contributed by atoms with van der Waals surface area (Å²) in [4.78, 5) is 6.98. The van der Waals surface area contributed by atoms with Crippen LogP contribution in [0.25, 0.3) is 0 Å². The summed E-state index contributed by atoms with van der Waals surface area (Å²) in [6, 6.07) is 1.26. The van der Waals surface area contributed by atoms with Gasteiger partial charge < -0.3 is 14.8 Å². The largest absolute Gasteiger partial charge is 0.334 e. The van der Waals surface area contributed by atoms with Gasteiger partial charge in [0.25, 0.3) is 0 Å². The first-order valence-corrected chi connectivity index (χ1v) is 7.60. The molecule has 1 atom stereocenters. The van der Waals surface area contributed by atoms with Crippen molar-refractivity contribution in [1.29, 1.82) is 0 Å². The van der Waals surface area contributed by atoms with Gasteiger partial charge in [-0.15, -0.1) is 0 Å². The lowest BCUT2D eigenvalue weighted by Crippen LogP contribution is -2.37. The van der Waals surface area contributed by atoms with Gasteiger partial charge in [-0.2, -0.15) is 0 Å². The van der Waals surface area contributed by atoms with E-state index in [0.717, 1.165) is 25.0 Å². The number of piperidine rings is 1. The second-order valence-corrected chi connectivity index (χ2v) is 5.99. The quantitative estimate of drug-likeness (QED) is 0.855. The molecule has 1 fully saturated rings. The zero-order chi connectivity index (χ0) is 13.7. The molecule has 1 N–H and O–H groups in total. The number of hydrogen-bond donors (Lipinski definition) is 1. The van der Waals surface area contributed by atoms with Crippen LogP contribution in [0.5, 0.6) is 0 Å². The number of rotatable bonds is 6. The Kier molecular flexibility index (Phi) is 5.40. The van der Waals surface area contributed by atoms with E-state index >= 15 is 0 Å². The number of hydrogen-bond acceptors (Lipinski definition) is 3. The van der Waals surface area contributed by atoms with Crippen molar-refractivity contribution < 1.29 is 0 Å². The summed E-state index contributed by atoms with van der Waals surface area (Å²) in [5.41, 5.74) is 0. The van der Waals surface area contributed by atoms with Crippen LogP contribution in [-0.2, 0) is 13.1 Å². The second kappa shape index (κ2) is 7.06. The molecule has 1 aromatic heterocycles.